The largest absolute Gasteiger partial charge is 0.489 e. The van der Waals surface area contributed by atoms with Crippen LogP contribution in [0.15, 0.2) is 108 Å². The number of nitrogens with zero attached hydrogens (tertiary/aromatic N) is 1. The van der Waals surface area contributed by atoms with E-state index in [1.165, 1.54) is 17.7 Å². The quantitative estimate of drug-likeness (QED) is 0.0465. The molecule has 0 radical (unpaired) electrons. The SMILES string of the molecule is Cc1ccc(S(=O)(=O)OCCOCCOCCOCCOCCN(Cc2ccc(OCc3ccccc3)c(OCCc3ccccc3)c2)C(=O)OC(C)(C)C)cc1. The fourth-order valence-electron chi connectivity index (χ4n) is 5.24. The Labute approximate surface area is 338 Å². The number of amides is 1. The molecule has 0 aliphatic carbocycles. The first-order chi connectivity index (χ1) is 27.5. The maximum atomic E-state index is 13.3. The van der Waals surface area contributed by atoms with Crippen molar-refractivity contribution >= 4 is 16.2 Å². The van der Waals surface area contributed by atoms with Crippen LogP contribution in [0, 0.1) is 6.92 Å². The van der Waals surface area contributed by atoms with Crippen molar-refractivity contribution in [3.63, 3.8) is 0 Å². The van der Waals surface area contributed by atoms with Crippen LogP contribution < -0.4 is 9.47 Å². The van der Waals surface area contributed by atoms with Crippen LogP contribution in [0.25, 0.3) is 0 Å². The highest BCUT2D eigenvalue weighted by molar-refractivity contribution is 7.86. The highest BCUT2D eigenvalue weighted by Crippen LogP contribution is 2.30. The van der Waals surface area contributed by atoms with E-state index < -0.39 is 21.8 Å². The number of ether oxygens (including phenoxy) is 7. The zero-order valence-corrected chi connectivity index (χ0v) is 34.4. The van der Waals surface area contributed by atoms with Crippen molar-refractivity contribution in [2.24, 2.45) is 0 Å². The van der Waals surface area contributed by atoms with Crippen LogP contribution in [0.2, 0.25) is 0 Å². The van der Waals surface area contributed by atoms with E-state index in [1.54, 1.807) is 17.0 Å². The summed E-state index contributed by atoms with van der Waals surface area (Å²) >= 11 is 0. The van der Waals surface area contributed by atoms with E-state index >= 15 is 0 Å². The van der Waals surface area contributed by atoms with Gasteiger partial charge in [0.1, 0.15) is 12.2 Å². The summed E-state index contributed by atoms with van der Waals surface area (Å²) in [5.74, 6) is 1.22. The molecule has 4 aromatic rings. The van der Waals surface area contributed by atoms with E-state index in [9.17, 15) is 13.2 Å². The molecule has 4 aromatic carbocycles. The molecule has 0 N–H and O–H groups in total. The lowest BCUT2D eigenvalue weighted by Gasteiger charge is -2.27. The highest BCUT2D eigenvalue weighted by atomic mass is 32.2. The normalized spacial score (nSPS) is 11.6. The van der Waals surface area contributed by atoms with Gasteiger partial charge in [-0.05, 0) is 68.7 Å². The fraction of sp³-hybridized carbons (Fsp3) is 0.432. The summed E-state index contributed by atoms with van der Waals surface area (Å²) in [4.78, 5) is 15.0. The summed E-state index contributed by atoms with van der Waals surface area (Å²) in [7, 11) is -3.81. The van der Waals surface area contributed by atoms with Crippen LogP contribution in [0.1, 0.15) is 43.0 Å². The van der Waals surface area contributed by atoms with Crippen molar-refractivity contribution in [3.05, 3.63) is 125 Å². The maximum Gasteiger partial charge on any atom is 0.410 e. The Morgan fingerprint density at radius 1 is 0.596 bits per heavy atom. The topological polar surface area (TPSA) is 128 Å². The molecule has 0 spiro atoms. The smallest absolute Gasteiger partial charge is 0.410 e. The molecule has 0 atom stereocenters. The molecule has 0 unspecified atom stereocenters. The number of carbonyl (C=O) groups excluding carboxylic acids is 1. The lowest BCUT2D eigenvalue weighted by atomic mass is 10.1. The number of hydrogen-bond acceptors (Lipinski definition) is 11. The predicted molar refractivity (Wildman–Crippen MR) is 217 cm³/mol. The number of aryl methyl sites for hydroxylation is 1. The molecule has 57 heavy (non-hydrogen) atoms. The molecule has 0 saturated heterocycles. The molecule has 0 bridgehead atoms. The Morgan fingerprint density at radius 2 is 1.16 bits per heavy atom. The maximum absolute atomic E-state index is 13.3. The number of hydrogen-bond donors (Lipinski definition) is 0. The van der Waals surface area contributed by atoms with Gasteiger partial charge >= 0.3 is 6.09 Å². The minimum absolute atomic E-state index is 0.0849. The van der Waals surface area contributed by atoms with Gasteiger partial charge in [-0.3, -0.25) is 4.18 Å². The van der Waals surface area contributed by atoms with Gasteiger partial charge in [-0.2, -0.15) is 8.42 Å². The monoisotopic (exact) mass is 807 g/mol. The van der Waals surface area contributed by atoms with Crippen LogP contribution in [0.3, 0.4) is 0 Å². The van der Waals surface area contributed by atoms with Crippen molar-refractivity contribution < 1.29 is 50.6 Å². The Kier molecular flexibility index (Phi) is 19.3. The van der Waals surface area contributed by atoms with Gasteiger partial charge in [0, 0.05) is 19.5 Å². The van der Waals surface area contributed by atoms with Crippen molar-refractivity contribution in [3.8, 4) is 11.5 Å². The third-order valence-corrected chi connectivity index (χ3v) is 9.49. The van der Waals surface area contributed by atoms with Gasteiger partial charge in [0.15, 0.2) is 11.5 Å². The summed E-state index contributed by atoms with van der Waals surface area (Å²) in [5, 5.41) is 0. The van der Waals surface area contributed by atoms with Crippen LogP contribution in [0.5, 0.6) is 11.5 Å². The van der Waals surface area contributed by atoms with E-state index in [-0.39, 0.29) is 31.3 Å². The molecule has 12 nitrogen and oxygen atoms in total. The molecule has 0 heterocycles. The van der Waals surface area contributed by atoms with Gasteiger partial charge < -0.3 is 38.1 Å². The molecule has 0 fully saturated rings. The molecule has 13 heteroatoms. The second-order valence-electron chi connectivity index (χ2n) is 14.1. The summed E-state index contributed by atoms with van der Waals surface area (Å²) in [5.41, 5.74) is 3.37. The molecule has 1 amide bonds. The van der Waals surface area contributed by atoms with Gasteiger partial charge in [-0.15, -0.1) is 0 Å². The van der Waals surface area contributed by atoms with Crippen molar-refractivity contribution in [1.82, 2.24) is 4.90 Å². The zero-order chi connectivity index (χ0) is 40.8. The average Bonchev–Trinajstić information content (AvgIpc) is 3.19. The van der Waals surface area contributed by atoms with Gasteiger partial charge in [0.25, 0.3) is 10.1 Å². The van der Waals surface area contributed by atoms with Crippen LogP contribution in [-0.4, -0.2) is 97.6 Å². The zero-order valence-electron chi connectivity index (χ0n) is 33.6. The minimum atomic E-state index is -3.81. The molecule has 0 aromatic heterocycles. The van der Waals surface area contributed by atoms with Crippen molar-refractivity contribution in [2.45, 2.75) is 57.8 Å². The molecule has 4 rings (SSSR count). The number of benzene rings is 4. The second-order valence-corrected chi connectivity index (χ2v) is 15.7. The summed E-state index contributed by atoms with van der Waals surface area (Å²) in [6.45, 7) is 11.2. The Hall–Kier alpha value is -4.50. The first-order valence-electron chi connectivity index (χ1n) is 19.2. The van der Waals surface area contributed by atoms with E-state index in [0.717, 1.165) is 23.1 Å². The molecule has 0 aliphatic rings. The number of rotatable bonds is 26. The lowest BCUT2D eigenvalue weighted by molar-refractivity contribution is -0.00939. The van der Waals surface area contributed by atoms with Crippen LogP contribution in [-0.2, 0) is 57.6 Å². The van der Waals surface area contributed by atoms with Crippen molar-refractivity contribution in [1.29, 1.82) is 0 Å². The molecular weight excluding hydrogens is 751 g/mol. The standard InChI is InChI=1S/C44H57NO11S/c1-36-15-18-40(19-16-36)57(47,48)55-32-31-52-30-29-51-28-27-50-26-25-49-24-22-45(43(46)56-44(2,3)4)34-39-17-20-41(54-35-38-13-9-6-10-14-38)42(33-39)53-23-21-37-11-7-5-8-12-37/h5-20,33H,21-32,34-35H2,1-4H3. The first-order valence-corrected chi connectivity index (χ1v) is 20.6. The minimum Gasteiger partial charge on any atom is -0.489 e. The Morgan fingerprint density at radius 3 is 1.75 bits per heavy atom. The summed E-state index contributed by atoms with van der Waals surface area (Å²) in [6.07, 6.45) is 0.291. The first kappa shape index (κ1) is 45.2. The van der Waals surface area contributed by atoms with E-state index in [0.29, 0.717) is 70.9 Å². The second kappa shape index (κ2) is 24.3. The van der Waals surface area contributed by atoms with Gasteiger partial charge in [0.2, 0.25) is 0 Å². The van der Waals surface area contributed by atoms with Crippen molar-refractivity contribution in [2.75, 3.05) is 72.6 Å². The average molecular weight is 808 g/mol. The van der Waals surface area contributed by atoms with Crippen LogP contribution in [0.4, 0.5) is 4.79 Å². The predicted octanol–water partition coefficient (Wildman–Crippen LogP) is 7.40. The Bertz CT molecular complexity index is 1830. The third kappa shape index (κ3) is 18.1. The molecule has 0 saturated carbocycles. The lowest BCUT2D eigenvalue weighted by Crippen LogP contribution is -2.38. The van der Waals surface area contributed by atoms with Gasteiger partial charge in [-0.25, -0.2) is 4.79 Å². The fourth-order valence-corrected chi connectivity index (χ4v) is 6.13. The van der Waals surface area contributed by atoms with E-state index in [2.05, 4.69) is 12.1 Å². The number of carbonyl (C=O) groups is 1. The summed E-state index contributed by atoms with van der Waals surface area (Å²) < 4.78 is 69.9. The molecular formula is C44H57NO11S. The summed E-state index contributed by atoms with van der Waals surface area (Å²) in [6, 6.07) is 32.3. The van der Waals surface area contributed by atoms with Crippen LogP contribution >= 0.6 is 0 Å². The molecule has 0 aliphatic heterocycles. The van der Waals surface area contributed by atoms with Gasteiger partial charge in [0.05, 0.1) is 71.0 Å². The Balaban J connectivity index is 1.16. The van der Waals surface area contributed by atoms with E-state index in [4.69, 9.17) is 37.3 Å². The highest BCUT2D eigenvalue weighted by Gasteiger charge is 2.23. The van der Waals surface area contributed by atoms with E-state index in [1.807, 2.05) is 94.4 Å². The molecule has 310 valence electrons. The third-order valence-electron chi connectivity index (χ3n) is 8.16. The van der Waals surface area contributed by atoms with Gasteiger partial charge in [-0.1, -0.05) is 84.4 Å².